The Morgan fingerprint density at radius 1 is 1.53 bits per heavy atom. The van der Waals surface area contributed by atoms with E-state index in [2.05, 4.69) is 5.32 Å². The molecule has 2 fully saturated rings. The molecule has 1 aliphatic carbocycles. The van der Waals surface area contributed by atoms with Gasteiger partial charge in [-0.3, -0.25) is 4.79 Å². The molecule has 15 heavy (non-hydrogen) atoms. The quantitative estimate of drug-likeness (QED) is 0.627. The van der Waals surface area contributed by atoms with E-state index in [9.17, 15) is 4.79 Å². The monoisotopic (exact) mass is 214 g/mol. The van der Waals surface area contributed by atoms with Gasteiger partial charge in [-0.25, -0.2) is 0 Å². The first-order valence-electron chi connectivity index (χ1n) is 5.52. The third-order valence-electron chi connectivity index (χ3n) is 2.88. The number of carbonyl (C=O) groups excluding carboxylic acids is 1. The number of aliphatic hydroxyl groups is 1. The molecule has 1 atom stereocenters. The Kier molecular flexibility index (Phi) is 3.56. The fourth-order valence-electron chi connectivity index (χ4n) is 1.76. The number of hydrogen-bond acceptors (Lipinski definition) is 4. The van der Waals surface area contributed by atoms with Crippen molar-refractivity contribution >= 4 is 5.91 Å². The fraction of sp³-hybridized carbons (Fsp3) is 0.900. The maximum absolute atomic E-state index is 11.8. The van der Waals surface area contributed by atoms with E-state index in [4.69, 9.17) is 9.84 Å². The predicted molar refractivity (Wildman–Crippen MR) is 54.4 cm³/mol. The summed E-state index contributed by atoms with van der Waals surface area (Å²) in [6.07, 6.45) is 2.36. The normalized spacial score (nSPS) is 26.7. The summed E-state index contributed by atoms with van der Waals surface area (Å²) in [6.45, 7) is 1.99. The number of rotatable bonds is 4. The van der Waals surface area contributed by atoms with Crippen molar-refractivity contribution < 1.29 is 14.6 Å². The number of aliphatic hydroxyl groups excluding tert-OH is 1. The van der Waals surface area contributed by atoms with Crippen molar-refractivity contribution in [1.82, 2.24) is 10.2 Å². The molecular formula is C10H18N2O3. The zero-order chi connectivity index (χ0) is 10.7. The lowest BCUT2D eigenvalue weighted by molar-refractivity contribution is -0.140. The summed E-state index contributed by atoms with van der Waals surface area (Å²) in [4.78, 5) is 13.5. The summed E-state index contributed by atoms with van der Waals surface area (Å²) in [5, 5.41) is 12.3. The summed E-state index contributed by atoms with van der Waals surface area (Å²) >= 11 is 0. The van der Waals surface area contributed by atoms with Crippen LogP contribution in [0.25, 0.3) is 0 Å². The minimum atomic E-state index is -0.160. The van der Waals surface area contributed by atoms with Gasteiger partial charge in [-0.05, 0) is 12.8 Å². The molecule has 2 N–H and O–H groups in total. The lowest BCUT2D eigenvalue weighted by Gasteiger charge is -2.34. The smallest absolute Gasteiger partial charge is 0.237 e. The highest BCUT2D eigenvalue weighted by atomic mass is 16.5. The standard InChI is InChI=1S/C10H18N2O3/c13-6-9-7-15-4-3-12(9)10(14)5-11-8-1-2-8/h8-9,11,13H,1-7H2. The second-order valence-corrected chi connectivity index (χ2v) is 4.15. The summed E-state index contributed by atoms with van der Waals surface area (Å²) in [7, 11) is 0. The third-order valence-corrected chi connectivity index (χ3v) is 2.88. The van der Waals surface area contributed by atoms with Crippen LogP contribution in [-0.4, -0.2) is 60.9 Å². The van der Waals surface area contributed by atoms with Crippen molar-refractivity contribution in [3.63, 3.8) is 0 Å². The number of carbonyl (C=O) groups is 1. The van der Waals surface area contributed by atoms with Crippen LogP contribution in [0.15, 0.2) is 0 Å². The third kappa shape index (κ3) is 2.90. The molecular weight excluding hydrogens is 196 g/mol. The molecule has 0 bridgehead atoms. The minimum absolute atomic E-state index is 0.0187. The van der Waals surface area contributed by atoms with Crippen molar-refractivity contribution in [2.24, 2.45) is 0 Å². The van der Waals surface area contributed by atoms with E-state index < -0.39 is 0 Å². The average Bonchev–Trinajstić information content (AvgIpc) is 3.09. The molecule has 0 radical (unpaired) electrons. The Labute approximate surface area is 89.4 Å². The summed E-state index contributed by atoms with van der Waals surface area (Å²) < 4.78 is 5.22. The molecule has 5 nitrogen and oxygen atoms in total. The Bertz CT molecular complexity index is 231. The van der Waals surface area contributed by atoms with Crippen LogP contribution in [0.2, 0.25) is 0 Å². The molecule has 1 saturated heterocycles. The molecule has 1 unspecified atom stereocenters. The highest BCUT2D eigenvalue weighted by Gasteiger charge is 2.28. The number of nitrogens with one attached hydrogen (secondary N) is 1. The van der Waals surface area contributed by atoms with Crippen molar-refractivity contribution in [1.29, 1.82) is 0 Å². The Hall–Kier alpha value is -0.650. The van der Waals surface area contributed by atoms with E-state index in [1.165, 1.54) is 12.8 Å². The molecule has 5 heteroatoms. The second-order valence-electron chi connectivity index (χ2n) is 4.15. The van der Waals surface area contributed by atoms with Gasteiger partial charge < -0.3 is 20.1 Å². The zero-order valence-corrected chi connectivity index (χ0v) is 8.82. The van der Waals surface area contributed by atoms with Gasteiger partial charge in [-0.2, -0.15) is 0 Å². The molecule has 86 valence electrons. The first-order valence-corrected chi connectivity index (χ1v) is 5.52. The maximum atomic E-state index is 11.8. The molecule has 0 aromatic heterocycles. The largest absolute Gasteiger partial charge is 0.394 e. The van der Waals surface area contributed by atoms with E-state index in [-0.39, 0.29) is 18.6 Å². The van der Waals surface area contributed by atoms with Gasteiger partial charge in [0.2, 0.25) is 5.91 Å². The minimum Gasteiger partial charge on any atom is -0.394 e. The Morgan fingerprint density at radius 3 is 3.00 bits per heavy atom. The molecule has 1 amide bonds. The number of morpholine rings is 1. The Morgan fingerprint density at radius 2 is 2.33 bits per heavy atom. The van der Waals surface area contributed by atoms with E-state index in [0.29, 0.717) is 32.3 Å². The molecule has 2 rings (SSSR count). The predicted octanol–water partition coefficient (Wildman–Crippen LogP) is -1.04. The maximum Gasteiger partial charge on any atom is 0.237 e. The van der Waals surface area contributed by atoms with Crippen LogP contribution in [0, 0.1) is 0 Å². The lowest BCUT2D eigenvalue weighted by Crippen LogP contribution is -2.52. The molecule has 0 aromatic rings. The summed E-state index contributed by atoms with van der Waals surface area (Å²) in [5.41, 5.74) is 0. The van der Waals surface area contributed by atoms with Crippen LogP contribution in [0.1, 0.15) is 12.8 Å². The van der Waals surface area contributed by atoms with Gasteiger partial charge in [0.15, 0.2) is 0 Å². The van der Waals surface area contributed by atoms with E-state index >= 15 is 0 Å². The van der Waals surface area contributed by atoms with Crippen LogP contribution in [0.5, 0.6) is 0 Å². The highest BCUT2D eigenvalue weighted by Crippen LogP contribution is 2.18. The topological polar surface area (TPSA) is 61.8 Å². The molecule has 2 aliphatic rings. The van der Waals surface area contributed by atoms with Crippen molar-refractivity contribution in [2.75, 3.05) is 32.9 Å². The van der Waals surface area contributed by atoms with Gasteiger partial charge in [0, 0.05) is 12.6 Å². The van der Waals surface area contributed by atoms with Gasteiger partial charge in [-0.15, -0.1) is 0 Å². The number of amides is 1. The average molecular weight is 214 g/mol. The Balaban J connectivity index is 1.79. The van der Waals surface area contributed by atoms with Crippen molar-refractivity contribution in [2.45, 2.75) is 24.9 Å². The molecule has 1 aliphatic heterocycles. The SMILES string of the molecule is O=C(CNC1CC1)N1CCOCC1CO. The van der Waals surface area contributed by atoms with E-state index in [1.54, 1.807) is 4.90 Å². The number of nitrogens with zero attached hydrogens (tertiary/aromatic N) is 1. The van der Waals surface area contributed by atoms with Crippen LogP contribution >= 0.6 is 0 Å². The van der Waals surface area contributed by atoms with Crippen molar-refractivity contribution in [3.05, 3.63) is 0 Å². The van der Waals surface area contributed by atoms with Crippen LogP contribution in [-0.2, 0) is 9.53 Å². The molecule has 1 heterocycles. The fourth-order valence-corrected chi connectivity index (χ4v) is 1.76. The van der Waals surface area contributed by atoms with Gasteiger partial charge in [0.1, 0.15) is 0 Å². The first-order chi connectivity index (χ1) is 7.31. The number of hydrogen-bond donors (Lipinski definition) is 2. The van der Waals surface area contributed by atoms with E-state index in [0.717, 1.165) is 0 Å². The number of ether oxygens (including phenoxy) is 1. The van der Waals surface area contributed by atoms with Gasteiger partial charge in [0.25, 0.3) is 0 Å². The molecule has 0 aromatic carbocycles. The van der Waals surface area contributed by atoms with Gasteiger partial charge in [-0.1, -0.05) is 0 Å². The summed E-state index contributed by atoms with van der Waals surface area (Å²) in [5.74, 6) is 0.0734. The van der Waals surface area contributed by atoms with Crippen LogP contribution in [0.4, 0.5) is 0 Å². The van der Waals surface area contributed by atoms with Crippen LogP contribution < -0.4 is 5.32 Å². The van der Waals surface area contributed by atoms with Gasteiger partial charge >= 0.3 is 0 Å². The highest BCUT2D eigenvalue weighted by molar-refractivity contribution is 5.78. The summed E-state index contributed by atoms with van der Waals surface area (Å²) in [6, 6.07) is 0.384. The van der Waals surface area contributed by atoms with Gasteiger partial charge in [0.05, 0.1) is 32.4 Å². The first kappa shape index (κ1) is 10.9. The zero-order valence-electron chi connectivity index (χ0n) is 8.82. The lowest BCUT2D eigenvalue weighted by atomic mass is 10.2. The van der Waals surface area contributed by atoms with Crippen LogP contribution in [0.3, 0.4) is 0 Å². The van der Waals surface area contributed by atoms with E-state index in [1.807, 2.05) is 0 Å². The molecule has 0 spiro atoms. The second kappa shape index (κ2) is 4.92. The van der Waals surface area contributed by atoms with Crippen molar-refractivity contribution in [3.8, 4) is 0 Å². The molecule has 1 saturated carbocycles.